The first-order chi connectivity index (χ1) is 11.6. The summed E-state index contributed by atoms with van der Waals surface area (Å²) < 4.78 is 11.2. The number of hydrogen-bond acceptors (Lipinski definition) is 4. The first-order valence-corrected chi connectivity index (χ1v) is 8.37. The summed E-state index contributed by atoms with van der Waals surface area (Å²) in [5.41, 5.74) is 6.20. The monoisotopic (exact) mass is 334 g/mol. The molecule has 1 heterocycles. The molecule has 1 fully saturated rings. The van der Waals surface area contributed by atoms with Crippen LogP contribution in [0.2, 0.25) is 0 Å². The lowest BCUT2D eigenvalue weighted by molar-refractivity contribution is -0.143. The molecular formula is C18H26N2O4. The van der Waals surface area contributed by atoms with Crippen LogP contribution in [0.5, 0.6) is 0 Å². The maximum atomic E-state index is 11.8. The normalized spacial score (nSPS) is 18.5. The van der Waals surface area contributed by atoms with Gasteiger partial charge in [0.15, 0.2) is 0 Å². The number of primary amides is 1. The summed E-state index contributed by atoms with van der Waals surface area (Å²) in [4.78, 5) is 24.4. The zero-order chi connectivity index (χ0) is 17.4. The average molecular weight is 334 g/mol. The smallest absolute Gasteiger partial charge is 0.311 e. The van der Waals surface area contributed by atoms with Crippen molar-refractivity contribution in [2.45, 2.75) is 25.4 Å². The van der Waals surface area contributed by atoms with E-state index < -0.39 is 11.8 Å². The van der Waals surface area contributed by atoms with Crippen LogP contribution in [-0.4, -0.2) is 50.1 Å². The van der Waals surface area contributed by atoms with Gasteiger partial charge in [-0.25, -0.2) is 0 Å². The number of rotatable bonds is 8. The molecule has 1 aliphatic rings. The van der Waals surface area contributed by atoms with Crippen LogP contribution < -0.4 is 5.73 Å². The summed E-state index contributed by atoms with van der Waals surface area (Å²) in [5, 5.41) is 0. The molecule has 0 spiro atoms. The Morgan fingerprint density at radius 3 is 2.62 bits per heavy atom. The molecule has 0 saturated carbocycles. The van der Waals surface area contributed by atoms with Crippen molar-refractivity contribution in [1.82, 2.24) is 4.90 Å². The van der Waals surface area contributed by atoms with Gasteiger partial charge in [0.25, 0.3) is 0 Å². The number of carbonyl (C=O) groups excluding carboxylic acids is 2. The number of methoxy groups -OCH3 is 1. The molecule has 1 saturated heterocycles. The van der Waals surface area contributed by atoms with Gasteiger partial charge in [-0.1, -0.05) is 30.3 Å². The minimum Gasteiger partial charge on any atom is -0.385 e. The number of carbonyl (C=O) groups is 2. The number of nitrogens with two attached hydrogens (primary N) is 1. The number of unbranched alkanes of at least 4 members (excludes halogenated alkanes) is 1. The summed E-state index contributed by atoms with van der Waals surface area (Å²) in [7, 11) is 1.69. The van der Waals surface area contributed by atoms with Gasteiger partial charge in [0.2, 0.25) is 0 Å². The van der Waals surface area contributed by atoms with Crippen LogP contribution in [0.3, 0.4) is 0 Å². The Hall–Kier alpha value is -1.92. The van der Waals surface area contributed by atoms with Crippen molar-refractivity contribution < 1.29 is 19.1 Å². The summed E-state index contributed by atoms with van der Waals surface area (Å²) in [6.07, 6.45) is 2.60. The lowest BCUT2D eigenvalue weighted by Crippen LogP contribution is -2.39. The van der Waals surface area contributed by atoms with E-state index in [9.17, 15) is 9.59 Å². The van der Waals surface area contributed by atoms with Gasteiger partial charge in [0.1, 0.15) is 0 Å². The van der Waals surface area contributed by atoms with Crippen LogP contribution in [-0.2, 0) is 19.1 Å². The van der Waals surface area contributed by atoms with Crippen LogP contribution in [0.25, 0.3) is 0 Å². The van der Waals surface area contributed by atoms with Gasteiger partial charge >= 0.3 is 11.8 Å². The number of benzene rings is 1. The predicted molar refractivity (Wildman–Crippen MR) is 90.1 cm³/mol. The second-order valence-corrected chi connectivity index (χ2v) is 6.07. The lowest BCUT2D eigenvalue weighted by atomic mass is 9.95. The molecule has 2 rings (SSSR count). The lowest BCUT2D eigenvalue weighted by Gasteiger charge is -2.25. The molecule has 24 heavy (non-hydrogen) atoms. The fourth-order valence-electron chi connectivity index (χ4n) is 3.08. The van der Waals surface area contributed by atoms with Crippen LogP contribution in [0.1, 0.15) is 30.9 Å². The highest BCUT2D eigenvalue weighted by atomic mass is 16.5. The minimum absolute atomic E-state index is 0.0839. The van der Waals surface area contributed by atoms with E-state index in [-0.39, 0.29) is 12.0 Å². The van der Waals surface area contributed by atoms with E-state index in [1.807, 2.05) is 30.3 Å². The van der Waals surface area contributed by atoms with Crippen molar-refractivity contribution in [2.75, 3.05) is 33.4 Å². The Balaban J connectivity index is 1.98. The van der Waals surface area contributed by atoms with Crippen molar-refractivity contribution in [3.8, 4) is 0 Å². The summed E-state index contributed by atoms with van der Waals surface area (Å²) in [6, 6.07) is 10.0. The summed E-state index contributed by atoms with van der Waals surface area (Å²) in [6.45, 7) is 2.41. The first-order valence-electron chi connectivity index (χ1n) is 8.37. The zero-order valence-electron chi connectivity index (χ0n) is 14.1. The second-order valence-electron chi connectivity index (χ2n) is 6.07. The van der Waals surface area contributed by atoms with Gasteiger partial charge in [-0.15, -0.1) is 0 Å². The van der Waals surface area contributed by atoms with E-state index in [4.69, 9.17) is 15.2 Å². The van der Waals surface area contributed by atoms with Crippen molar-refractivity contribution in [2.24, 2.45) is 11.7 Å². The summed E-state index contributed by atoms with van der Waals surface area (Å²) >= 11 is 0. The molecule has 0 aromatic heterocycles. The highest BCUT2D eigenvalue weighted by Gasteiger charge is 2.34. The Kier molecular flexibility index (Phi) is 7.21. The van der Waals surface area contributed by atoms with E-state index in [1.54, 1.807) is 7.11 Å². The van der Waals surface area contributed by atoms with Crippen LogP contribution in [0, 0.1) is 5.92 Å². The number of likely N-dealkylation sites (tertiary alicyclic amines) is 1. The fraction of sp³-hybridized carbons (Fsp3) is 0.556. The highest BCUT2D eigenvalue weighted by Crippen LogP contribution is 2.33. The van der Waals surface area contributed by atoms with E-state index >= 15 is 0 Å². The maximum absolute atomic E-state index is 11.8. The molecule has 2 N–H and O–H groups in total. The topological polar surface area (TPSA) is 81.9 Å². The van der Waals surface area contributed by atoms with Gasteiger partial charge in [-0.3, -0.25) is 9.59 Å². The quantitative estimate of drug-likeness (QED) is 0.577. The van der Waals surface area contributed by atoms with Crippen LogP contribution in [0.15, 0.2) is 30.3 Å². The predicted octanol–water partition coefficient (Wildman–Crippen LogP) is 1.50. The van der Waals surface area contributed by atoms with E-state index in [2.05, 4.69) is 0 Å². The maximum Gasteiger partial charge on any atom is 0.311 e. The van der Waals surface area contributed by atoms with E-state index in [0.717, 1.165) is 31.4 Å². The second kappa shape index (κ2) is 9.39. The van der Waals surface area contributed by atoms with E-state index in [0.29, 0.717) is 19.7 Å². The third kappa shape index (κ3) is 5.04. The van der Waals surface area contributed by atoms with Gasteiger partial charge < -0.3 is 20.1 Å². The average Bonchev–Trinajstić information content (AvgIpc) is 3.07. The molecule has 132 valence electrons. The number of hydrogen-bond donors (Lipinski definition) is 1. The van der Waals surface area contributed by atoms with Gasteiger partial charge in [0.05, 0.1) is 6.10 Å². The third-order valence-electron chi connectivity index (χ3n) is 4.32. The standard InChI is InChI=1S/C18H26N2O4/c1-23-11-5-6-12-24-16(14-7-3-2-4-8-14)15-9-10-20(13-15)18(22)17(19)21/h2-4,7-8,15-16H,5-6,9-13H2,1H3,(H2,19,21). The van der Waals surface area contributed by atoms with Crippen molar-refractivity contribution in [1.29, 1.82) is 0 Å². The highest BCUT2D eigenvalue weighted by molar-refractivity contribution is 6.34. The molecule has 2 amide bonds. The molecule has 0 bridgehead atoms. The Bertz CT molecular complexity index is 535. The van der Waals surface area contributed by atoms with Crippen LogP contribution in [0.4, 0.5) is 0 Å². The fourth-order valence-corrected chi connectivity index (χ4v) is 3.08. The minimum atomic E-state index is -0.896. The van der Waals surface area contributed by atoms with Crippen LogP contribution >= 0.6 is 0 Å². The van der Waals surface area contributed by atoms with Gasteiger partial charge in [-0.05, 0) is 24.8 Å². The van der Waals surface area contributed by atoms with Crippen molar-refractivity contribution in [3.05, 3.63) is 35.9 Å². The van der Waals surface area contributed by atoms with E-state index in [1.165, 1.54) is 4.90 Å². The molecule has 1 aromatic rings. The number of amides is 2. The third-order valence-corrected chi connectivity index (χ3v) is 4.32. The molecule has 0 aliphatic carbocycles. The molecule has 0 radical (unpaired) electrons. The van der Waals surface area contributed by atoms with Gasteiger partial charge in [-0.2, -0.15) is 0 Å². The Morgan fingerprint density at radius 2 is 1.96 bits per heavy atom. The summed E-state index contributed by atoms with van der Waals surface area (Å²) in [5.74, 6) is -1.34. The Morgan fingerprint density at radius 1 is 1.25 bits per heavy atom. The number of nitrogens with zero attached hydrogens (tertiary/aromatic N) is 1. The molecule has 1 aromatic carbocycles. The SMILES string of the molecule is COCCCCOC(c1ccccc1)C1CCN(C(=O)C(N)=O)C1. The molecule has 6 heteroatoms. The van der Waals surface area contributed by atoms with Crippen molar-refractivity contribution in [3.63, 3.8) is 0 Å². The molecule has 6 nitrogen and oxygen atoms in total. The first kappa shape index (κ1) is 18.4. The largest absolute Gasteiger partial charge is 0.385 e. The van der Waals surface area contributed by atoms with Gasteiger partial charge in [0, 0.05) is 39.3 Å². The molecule has 2 unspecified atom stereocenters. The Labute approximate surface area is 142 Å². The number of ether oxygens (including phenoxy) is 2. The molecule has 1 aliphatic heterocycles. The molecular weight excluding hydrogens is 308 g/mol. The molecule has 2 atom stereocenters. The van der Waals surface area contributed by atoms with Crippen molar-refractivity contribution >= 4 is 11.8 Å². The zero-order valence-corrected chi connectivity index (χ0v) is 14.1.